The van der Waals surface area contributed by atoms with E-state index in [0.29, 0.717) is 11.8 Å². The standard InChI is InChI=1S/C21H22N8O/c22-19-17-5-8-29(16-3-6-23-7-4-16)20(17)26-21(25-19)28-11-9-27(10-12-28)18-2-1-15(14-30)13-24-18/h1-8,13,30H,9-12,14H2,(H2,22,25,26). The molecule has 0 saturated carbocycles. The average molecular weight is 402 g/mol. The Kier molecular flexibility index (Phi) is 4.64. The van der Waals surface area contributed by atoms with Gasteiger partial charge in [0.1, 0.15) is 11.6 Å². The molecule has 9 heteroatoms. The number of aliphatic hydroxyl groups excluding tert-OH is 1. The number of nitrogen functional groups attached to an aromatic ring is 1. The van der Waals surface area contributed by atoms with E-state index in [0.717, 1.165) is 54.3 Å². The topological polar surface area (TPSA) is 109 Å². The Morgan fingerprint density at radius 1 is 0.933 bits per heavy atom. The number of piperazine rings is 1. The Hall–Kier alpha value is -3.72. The van der Waals surface area contributed by atoms with Crippen LogP contribution in [0.2, 0.25) is 0 Å². The fraction of sp³-hybridized carbons (Fsp3) is 0.238. The van der Waals surface area contributed by atoms with Crippen molar-refractivity contribution in [1.82, 2.24) is 24.5 Å². The monoisotopic (exact) mass is 402 g/mol. The number of nitrogens with zero attached hydrogens (tertiary/aromatic N) is 7. The fourth-order valence-electron chi connectivity index (χ4n) is 3.71. The molecule has 4 aromatic heterocycles. The predicted molar refractivity (Wildman–Crippen MR) is 116 cm³/mol. The maximum absolute atomic E-state index is 9.18. The van der Waals surface area contributed by atoms with E-state index in [9.17, 15) is 5.11 Å². The summed E-state index contributed by atoms with van der Waals surface area (Å²) in [7, 11) is 0. The largest absolute Gasteiger partial charge is 0.392 e. The van der Waals surface area contributed by atoms with E-state index in [2.05, 4.69) is 24.8 Å². The predicted octanol–water partition coefficient (Wildman–Crippen LogP) is 1.61. The molecule has 0 atom stereocenters. The highest BCUT2D eigenvalue weighted by molar-refractivity contribution is 5.88. The summed E-state index contributed by atoms with van der Waals surface area (Å²) in [6, 6.07) is 9.66. The molecule has 0 aromatic carbocycles. The van der Waals surface area contributed by atoms with E-state index in [-0.39, 0.29) is 6.61 Å². The third kappa shape index (κ3) is 3.29. The molecule has 5 rings (SSSR count). The van der Waals surface area contributed by atoms with Crippen molar-refractivity contribution >= 4 is 28.6 Å². The molecule has 0 spiro atoms. The van der Waals surface area contributed by atoms with Gasteiger partial charge in [-0.15, -0.1) is 0 Å². The van der Waals surface area contributed by atoms with E-state index < -0.39 is 0 Å². The van der Waals surface area contributed by atoms with Gasteiger partial charge in [-0.2, -0.15) is 9.97 Å². The van der Waals surface area contributed by atoms with Crippen LogP contribution >= 0.6 is 0 Å². The zero-order valence-corrected chi connectivity index (χ0v) is 16.4. The number of rotatable bonds is 4. The van der Waals surface area contributed by atoms with Gasteiger partial charge in [0, 0.05) is 51.0 Å². The first-order valence-electron chi connectivity index (χ1n) is 9.83. The van der Waals surface area contributed by atoms with Crippen molar-refractivity contribution in [2.45, 2.75) is 6.61 Å². The van der Waals surface area contributed by atoms with Crippen LogP contribution in [0.15, 0.2) is 55.1 Å². The Morgan fingerprint density at radius 2 is 1.70 bits per heavy atom. The normalized spacial score (nSPS) is 14.4. The van der Waals surface area contributed by atoms with Gasteiger partial charge >= 0.3 is 0 Å². The van der Waals surface area contributed by atoms with Crippen LogP contribution in [0, 0.1) is 0 Å². The van der Waals surface area contributed by atoms with Crippen LogP contribution in [0.5, 0.6) is 0 Å². The molecule has 5 heterocycles. The third-order valence-electron chi connectivity index (χ3n) is 5.38. The summed E-state index contributed by atoms with van der Waals surface area (Å²) >= 11 is 0. The lowest BCUT2D eigenvalue weighted by molar-refractivity contribution is 0.281. The molecule has 1 fully saturated rings. The minimum Gasteiger partial charge on any atom is -0.392 e. The van der Waals surface area contributed by atoms with Crippen LogP contribution in [-0.2, 0) is 6.61 Å². The molecule has 9 nitrogen and oxygen atoms in total. The number of hydrogen-bond donors (Lipinski definition) is 2. The first kappa shape index (κ1) is 18.3. The smallest absolute Gasteiger partial charge is 0.229 e. The van der Waals surface area contributed by atoms with Crippen molar-refractivity contribution in [3.05, 3.63) is 60.7 Å². The summed E-state index contributed by atoms with van der Waals surface area (Å²) in [5.74, 6) is 2.03. The van der Waals surface area contributed by atoms with Gasteiger partial charge in [-0.1, -0.05) is 6.07 Å². The summed E-state index contributed by atoms with van der Waals surface area (Å²) in [6.45, 7) is 3.15. The molecular weight excluding hydrogens is 380 g/mol. The van der Waals surface area contributed by atoms with Crippen LogP contribution in [-0.4, -0.2) is 55.8 Å². The Labute approximate surface area is 173 Å². The lowest BCUT2D eigenvalue weighted by Gasteiger charge is -2.35. The van der Waals surface area contributed by atoms with Gasteiger partial charge in [0.15, 0.2) is 5.65 Å². The van der Waals surface area contributed by atoms with Crippen molar-refractivity contribution < 1.29 is 5.11 Å². The Morgan fingerprint density at radius 3 is 2.40 bits per heavy atom. The molecule has 1 saturated heterocycles. The third-order valence-corrected chi connectivity index (χ3v) is 5.38. The molecule has 4 aromatic rings. The Bertz CT molecular complexity index is 1150. The second kappa shape index (κ2) is 7.60. The molecule has 1 aliphatic heterocycles. The second-order valence-electron chi connectivity index (χ2n) is 7.19. The molecule has 0 bridgehead atoms. The first-order chi connectivity index (χ1) is 14.7. The lowest BCUT2D eigenvalue weighted by Crippen LogP contribution is -2.47. The van der Waals surface area contributed by atoms with Gasteiger partial charge in [0.05, 0.1) is 17.7 Å². The quantitative estimate of drug-likeness (QED) is 0.530. The summed E-state index contributed by atoms with van der Waals surface area (Å²) < 4.78 is 2.00. The zero-order chi connectivity index (χ0) is 20.5. The maximum Gasteiger partial charge on any atom is 0.229 e. The van der Waals surface area contributed by atoms with Gasteiger partial charge in [-0.25, -0.2) is 4.98 Å². The SMILES string of the molecule is Nc1nc(N2CCN(c3ccc(CO)cn3)CC2)nc2c1ccn2-c1ccncc1. The van der Waals surface area contributed by atoms with E-state index in [1.807, 2.05) is 41.1 Å². The minimum atomic E-state index is 0.00349. The zero-order valence-electron chi connectivity index (χ0n) is 16.4. The lowest BCUT2D eigenvalue weighted by atomic mass is 10.2. The van der Waals surface area contributed by atoms with E-state index in [4.69, 9.17) is 10.7 Å². The van der Waals surface area contributed by atoms with Gasteiger partial charge in [0.2, 0.25) is 5.95 Å². The molecule has 0 unspecified atom stereocenters. The van der Waals surface area contributed by atoms with E-state index >= 15 is 0 Å². The highest BCUT2D eigenvalue weighted by Crippen LogP contribution is 2.26. The van der Waals surface area contributed by atoms with Gasteiger partial charge in [-0.3, -0.25) is 4.98 Å². The van der Waals surface area contributed by atoms with Crippen molar-refractivity contribution in [3.63, 3.8) is 0 Å². The summed E-state index contributed by atoms with van der Waals surface area (Å²) in [5, 5.41) is 10.0. The molecule has 30 heavy (non-hydrogen) atoms. The molecule has 0 aliphatic carbocycles. The van der Waals surface area contributed by atoms with Gasteiger partial charge in [0.25, 0.3) is 0 Å². The molecule has 0 amide bonds. The number of anilines is 3. The fourth-order valence-corrected chi connectivity index (χ4v) is 3.71. The number of fused-ring (bicyclic) bond motifs is 1. The number of hydrogen-bond acceptors (Lipinski definition) is 8. The van der Waals surface area contributed by atoms with Crippen molar-refractivity contribution in [1.29, 1.82) is 0 Å². The number of aliphatic hydroxyl groups is 1. The van der Waals surface area contributed by atoms with Crippen LogP contribution in [0.3, 0.4) is 0 Å². The van der Waals surface area contributed by atoms with Crippen LogP contribution in [0.4, 0.5) is 17.6 Å². The van der Waals surface area contributed by atoms with E-state index in [1.54, 1.807) is 18.6 Å². The van der Waals surface area contributed by atoms with Crippen LogP contribution in [0.1, 0.15) is 5.56 Å². The average Bonchev–Trinajstić information content (AvgIpc) is 3.24. The Balaban J connectivity index is 1.39. The molecule has 152 valence electrons. The van der Waals surface area contributed by atoms with Crippen molar-refractivity contribution in [2.24, 2.45) is 0 Å². The number of aromatic nitrogens is 5. The van der Waals surface area contributed by atoms with E-state index in [1.165, 1.54) is 0 Å². The summed E-state index contributed by atoms with van der Waals surface area (Å²) in [5.41, 5.74) is 8.83. The molecule has 1 aliphatic rings. The van der Waals surface area contributed by atoms with Crippen LogP contribution in [0.25, 0.3) is 16.7 Å². The highest BCUT2D eigenvalue weighted by atomic mass is 16.3. The minimum absolute atomic E-state index is 0.00349. The highest BCUT2D eigenvalue weighted by Gasteiger charge is 2.22. The van der Waals surface area contributed by atoms with Crippen molar-refractivity contribution in [3.8, 4) is 5.69 Å². The van der Waals surface area contributed by atoms with Gasteiger partial charge in [-0.05, 0) is 29.8 Å². The van der Waals surface area contributed by atoms with Crippen molar-refractivity contribution in [2.75, 3.05) is 41.7 Å². The number of nitrogens with two attached hydrogens (primary N) is 1. The first-order valence-corrected chi connectivity index (χ1v) is 9.83. The summed E-state index contributed by atoms with van der Waals surface area (Å²) in [4.78, 5) is 22.3. The number of pyridine rings is 2. The molecule has 0 radical (unpaired) electrons. The van der Waals surface area contributed by atoms with Crippen LogP contribution < -0.4 is 15.5 Å². The molecule has 3 N–H and O–H groups in total. The maximum atomic E-state index is 9.18. The summed E-state index contributed by atoms with van der Waals surface area (Å²) in [6.07, 6.45) is 7.18. The molecular formula is C21H22N8O. The van der Waals surface area contributed by atoms with Gasteiger partial charge < -0.3 is 25.2 Å². The second-order valence-corrected chi connectivity index (χ2v) is 7.19.